The van der Waals surface area contributed by atoms with E-state index in [0.29, 0.717) is 5.57 Å². The van der Waals surface area contributed by atoms with Gasteiger partial charge in [-0.25, -0.2) is 0 Å². The summed E-state index contributed by atoms with van der Waals surface area (Å²) in [5.74, 6) is -0.531. The van der Waals surface area contributed by atoms with E-state index >= 15 is 0 Å². The summed E-state index contributed by atoms with van der Waals surface area (Å²) < 4.78 is 4.47. The van der Waals surface area contributed by atoms with Gasteiger partial charge in [0.15, 0.2) is 5.78 Å². The largest absolute Gasteiger partial charge is 0.469 e. The Bertz CT molecular complexity index is 326. The van der Waals surface area contributed by atoms with E-state index in [1.54, 1.807) is 6.08 Å². The van der Waals surface area contributed by atoms with Gasteiger partial charge in [-0.3, -0.25) is 9.59 Å². The Morgan fingerprint density at radius 2 is 2.23 bits per heavy atom. The molecule has 0 radical (unpaired) electrons. The first kappa shape index (κ1) is 9.80. The zero-order valence-electron chi connectivity index (χ0n) is 7.07. The summed E-state index contributed by atoms with van der Waals surface area (Å²) in [6.45, 7) is 0. The first-order chi connectivity index (χ1) is 6.13. The highest BCUT2D eigenvalue weighted by Crippen LogP contribution is 2.10. The molecule has 3 nitrogen and oxygen atoms in total. The van der Waals surface area contributed by atoms with Crippen LogP contribution in [-0.4, -0.2) is 23.7 Å². The molecular formula is C9H8O3S. The molecule has 0 saturated carbocycles. The maximum absolute atomic E-state index is 10.9. The summed E-state index contributed by atoms with van der Waals surface area (Å²) in [6.07, 6.45) is 4.62. The number of hydrogen-bond donors (Lipinski definition) is 0. The molecule has 13 heavy (non-hydrogen) atoms. The van der Waals surface area contributed by atoms with Crippen molar-refractivity contribution in [1.82, 2.24) is 0 Å². The molecule has 0 aromatic rings. The topological polar surface area (TPSA) is 43.4 Å². The smallest absolute Gasteiger partial charge is 0.309 e. The van der Waals surface area contributed by atoms with Gasteiger partial charge in [-0.2, -0.15) is 0 Å². The number of methoxy groups -OCH3 is 1. The van der Waals surface area contributed by atoms with Crippen LogP contribution in [0, 0.1) is 0 Å². The fraction of sp³-hybridized carbons (Fsp3) is 0.222. The molecule has 0 aliphatic heterocycles. The van der Waals surface area contributed by atoms with Crippen molar-refractivity contribution in [2.24, 2.45) is 0 Å². The highest BCUT2D eigenvalue weighted by Gasteiger charge is 2.11. The van der Waals surface area contributed by atoms with Gasteiger partial charge < -0.3 is 4.74 Å². The average molecular weight is 196 g/mol. The van der Waals surface area contributed by atoms with Gasteiger partial charge in [-0.1, -0.05) is 18.3 Å². The van der Waals surface area contributed by atoms with Crippen LogP contribution in [0.4, 0.5) is 0 Å². The fourth-order valence-electron chi connectivity index (χ4n) is 0.901. The normalized spacial score (nSPS) is 15.6. The minimum atomic E-state index is -0.340. The molecule has 0 fully saturated rings. The quantitative estimate of drug-likeness (QED) is 0.488. The SMILES string of the molecule is COC(=O)CC1=CC(=S)C(=O)C=C1. The van der Waals surface area contributed by atoms with E-state index in [4.69, 9.17) is 12.2 Å². The van der Waals surface area contributed by atoms with E-state index in [0.717, 1.165) is 0 Å². The van der Waals surface area contributed by atoms with E-state index in [2.05, 4.69) is 4.74 Å². The van der Waals surface area contributed by atoms with Crippen LogP contribution in [-0.2, 0) is 14.3 Å². The van der Waals surface area contributed by atoms with Gasteiger partial charge in [0.25, 0.3) is 0 Å². The van der Waals surface area contributed by atoms with Crippen LogP contribution in [0.1, 0.15) is 6.42 Å². The van der Waals surface area contributed by atoms with Gasteiger partial charge in [0.2, 0.25) is 0 Å². The van der Waals surface area contributed by atoms with E-state index in [1.165, 1.54) is 19.3 Å². The first-order valence-corrected chi connectivity index (χ1v) is 4.08. The second-order valence-electron chi connectivity index (χ2n) is 2.53. The van der Waals surface area contributed by atoms with Crippen LogP contribution in [0.15, 0.2) is 23.8 Å². The van der Waals surface area contributed by atoms with Gasteiger partial charge >= 0.3 is 5.97 Å². The molecule has 0 amide bonds. The molecule has 0 atom stereocenters. The summed E-state index contributed by atoms with van der Waals surface area (Å²) in [7, 11) is 1.32. The number of hydrogen-bond acceptors (Lipinski definition) is 4. The number of esters is 1. The lowest BCUT2D eigenvalue weighted by Crippen LogP contribution is -2.11. The monoisotopic (exact) mass is 196 g/mol. The number of ether oxygens (including phenoxy) is 1. The van der Waals surface area contributed by atoms with E-state index in [9.17, 15) is 9.59 Å². The zero-order chi connectivity index (χ0) is 9.84. The molecule has 0 aromatic carbocycles. The van der Waals surface area contributed by atoms with Crippen LogP contribution in [0.3, 0.4) is 0 Å². The Hall–Kier alpha value is -1.29. The zero-order valence-corrected chi connectivity index (χ0v) is 7.89. The molecule has 0 saturated heterocycles. The molecule has 1 aliphatic carbocycles. The van der Waals surface area contributed by atoms with E-state index < -0.39 is 0 Å². The molecule has 1 aliphatic rings. The van der Waals surface area contributed by atoms with Gasteiger partial charge in [-0.15, -0.1) is 0 Å². The van der Waals surface area contributed by atoms with Gasteiger partial charge in [0, 0.05) is 0 Å². The number of carbonyl (C=O) groups is 2. The molecule has 68 valence electrons. The molecule has 1 rings (SSSR count). The second kappa shape index (κ2) is 4.09. The molecule has 0 spiro atoms. The summed E-state index contributed by atoms with van der Waals surface area (Å²) in [5.41, 5.74) is 0.705. The lowest BCUT2D eigenvalue weighted by atomic mass is 10.0. The van der Waals surface area contributed by atoms with Crippen molar-refractivity contribution in [1.29, 1.82) is 0 Å². The number of rotatable bonds is 2. The van der Waals surface area contributed by atoms with Crippen molar-refractivity contribution in [2.75, 3.05) is 7.11 Å². The van der Waals surface area contributed by atoms with Crippen LogP contribution in [0.2, 0.25) is 0 Å². The van der Waals surface area contributed by atoms with Crippen LogP contribution in [0.25, 0.3) is 0 Å². The maximum Gasteiger partial charge on any atom is 0.309 e. The Kier molecular flexibility index (Phi) is 3.08. The molecule has 0 bridgehead atoms. The molecular weight excluding hydrogens is 188 g/mol. The van der Waals surface area contributed by atoms with E-state index in [1.807, 2.05) is 0 Å². The van der Waals surface area contributed by atoms with Crippen molar-refractivity contribution >= 4 is 28.8 Å². The molecule has 0 aromatic heterocycles. The minimum Gasteiger partial charge on any atom is -0.469 e. The Morgan fingerprint density at radius 3 is 2.77 bits per heavy atom. The lowest BCUT2D eigenvalue weighted by molar-refractivity contribution is -0.139. The first-order valence-electron chi connectivity index (χ1n) is 3.67. The minimum absolute atomic E-state index is 0.153. The van der Waals surface area contributed by atoms with Crippen LogP contribution < -0.4 is 0 Å². The second-order valence-corrected chi connectivity index (χ2v) is 2.97. The number of carbonyl (C=O) groups excluding carboxylic acids is 2. The van der Waals surface area contributed by atoms with Crippen molar-refractivity contribution in [2.45, 2.75) is 6.42 Å². The van der Waals surface area contributed by atoms with Gasteiger partial charge in [-0.05, 0) is 17.7 Å². The summed E-state index contributed by atoms with van der Waals surface area (Å²) in [4.78, 5) is 22.0. The van der Waals surface area contributed by atoms with Crippen molar-refractivity contribution in [3.05, 3.63) is 23.8 Å². The Morgan fingerprint density at radius 1 is 1.54 bits per heavy atom. The molecule has 0 heterocycles. The average Bonchev–Trinajstić information content (AvgIpc) is 2.11. The van der Waals surface area contributed by atoms with Crippen LogP contribution >= 0.6 is 12.2 Å². The lowest BCUT2D eigenvalue weighted by Gasteiger charge is -2.04. The number of ketones is 1. The van der Waals surface area contributed by atoms with Gasteiger partial charge in [0.1, 0.15) is 0 Å². The van der Waals surface area contributed by atoms with Crippen LogP contribution in [0.5, 0.6) is 0 Å². The third kappa shape index (κ3) is 2.59. The maximum atomic E-state index is 10.9. The van der Waals surface area contributed by atoms with Crippen molar-refractivity contribution < 1.29 is 14.3 Å². The van der Waals surface area contributed by atoms with Crippen molar-refractivity contribution in [3.63, 3.8) is 0 Å². The number of allylic oxidation sites excluding steroid dienone is 3. The Balaban J connectivity index is 2.69. The van der Waals surface area contributed by atoms with Gasteiger partial charge in [0.05, 0.1) is 18.4 Å². The third-order valence-electron chi connectivity index (χ3n) is 1.58. The van der Waals surface area contributed by atoms with E-state index in [-0.39, 0.29) is 23.0 Å². The summed E-state index contributed by atoms with van der Waals surface area (Å²) in [5, 5.41) is 0. The highest BCUT2D eigenvalue weighted by atomic mass is 32.1. The third-order valence-corrected chi connectivity index (χ3v) is 1.90. The van der Waals surface area contributed by atoms with Crippen molar-refractivity contribution in [3.8, 4) is 0 Å². The highest BCUT2D eigenvalue weighted by molar-refractivity contribution is 7.82. The molecule has 0 unspecified atom stereocenters. The predicted octanol–water partition coefficient (Wildman–Crippen LogP) is 0.985. The standard InChI is InChI=1S/C9H8O3S/c1-12-9(11)5-6-2-3-7(10)8(13)4-6/h2-4H,5H2,1H3. The summed E-state index contributed by atoms with van der Waals surface area (Å²) >= 11 is 4.77. The predicted molar refractivity (Wildman–Crippen MR) is 51.5 cm³/mol. The summed E-state index contributed by atoms with van der Waals surface area (Å²) in [6, 6.07) is 0. The number of thiocarbonyl (C=S) groups is 1. The Labute approximate surface area is 81.1 Å². The fourth-order valence-corrected chi connectivity index (χ4v) is 1.12. The molecule has 4 heteroatoms. The molecule has 0 N–H and O–H groups in total.